The average Bonchev–Trinajstić information content (AvgIpc) is 2.93. The Morgan fingerprint density at radius 3 is 2.50 bits per heavy atom. The molecule has 116 valence electrons. The van der Waals surface area contributed by atoms with E-state index >= 15 is 0 Å². The molecule has 0 aromatic rings. The topological polar surface area (TPSA) is 47.6 Å². The summed E-state index contributed by atoms with van der Waals surface area (Å²) in [6, 6.07) is 0.193. The lowest BCUT2D eigenvalue weighted by atomic mass is 9.60. The van der Waals surface area contributed by atoms with Gasteiger partial charge in [-0.2, -0.15) is 0 Å². The Bertz CT molecular complexity index is 337. The summed E-state index contributed by atoms with van der Waals surface area (Å²) in [5.74, 6) is 0.0973. The number of esters is 1. The zero-order chi connectivity index (χ0) is 14.8. The quantitative estimate of drug-likeness (QED) is 0.761. The first-order valence-corrected chi connectivity index (χ1v) is 8.00. The van der Waals surface area contributed by atoms with Crippen LogP contribution in [0.5, 0.6) is 0 Å². The van der Waals surface area contributed by atoms with E-state index in [4.69, 9.17) is 9.47 Å². The highest BCUT2D eigenvalue weighted by atomic mass is 16.5. The summed E-state index contributed by atoms with van der Waals surface area (Å²) >= 11 is 0. The van der Waals surface area contributed by atoms with E-state index in [1.807, 2.05) is 0 Å². The minimum Gasteiger partial charge on any atom is -0.468 e. The fourth-order valence-corrected chi connectivity index (χ4v) is 4.00. The molecule has 0 amide bonds. The first-order valence-electron chi connectivity index (χ1n) is 8.00. The van der Waals surface area contributed by atoms with Gasteiger partial charge in [-0.25, -0.2) is 0 Å². The molecule has 2 aliphatic carbocycles. The van der Waals surface area contributed by atoms with Crippen LogP contribution in [-0.2, 0) is 14.3 Å². The lowest BCUT2D eigenvalue weighted by Gasteiger charge is -2.55. The summed E-state index contributed by atoms with van der Waals surface area (Å²) in [4.78, 5) is 11.9. The highest BCUT2D eigenvalue weighted by Gasteiger charge is 2.57. The molecule has 4 nitrogen and oxygen atoms in total. The number of methoxy groups -OCH3 is 1. The van der Waals surface area contributed by atoms with Gasteiger partial charge >= 0.3 is 5.97 Å². The zero-order valence-electron chi connectivity index (χ0n) is 13.3. The summed E-state index contributed by atoms with van der Waals surface area (Å²) in [6.45, 7) is 6.97. The molecule has 0 radical (unpaired) electrons. The lowest BCUT2D eigenvalue weighted by molar-refractivity contribution is -0.152. The Hall–Kier alpha value is -0.610. The third-order valence-electron chi connectivity index (χ3n) is 5.19. The van der Waals surface area contributed by atoms with Crippen LogP contribution in [0.2, 0.25) is 0 Å². The van der Waals surface area contributed by atoms with Crippen molar-refractivity contribution in [2.24, 2.45) is 11.3 Å². The zero-order valence-corrected chi connectivity index (χ0v) is 13.3. The van der Waals surface area contributed by atoms with Crippen LogP contribution in [0.25, 0.3) is 0 Å². The van der Waals surface area contributed by atoms with Gasteiger partial charge in [0.2, 0.25) is 0 Å². The first kappa shape index (κ1) is 15.8. The molecule has 20 heavy (non-hydrogen) atoms. The van der Waals surface area contributed by atoms with Gasteiger partial charge in [0.15, 0.2) is 0 Å². The van der Waals surface area contributed by atoms with Crippen molar-refractivity contribution in [1.29, 1.82) is 0 Å². The van der Waals surface area contributed by atoms with Crippen molar-refractivity contribution in [3.05, 3.63) is 0 Å². The van der Waals surface area contributed by atoms with E-state index in [1.54, 1.807) is 0 Å². The maximum Gasteiger partial charge on any atom is 0.323 e. The molecule has 0 aliphatic heterocycles. The van der Waals surface area contributed by atoms with Crippen molar-refractivity contribution in [2.75, 3.05) is 13.7 Å². The summed E-state index contributed by atoms with van der Waals surface area (Å²) in [6.07, 6.45) is 6.41. The molecule has 0 bridgehead atoms. The van der Waals surface area contributed by atoms with Crippen LogP contribution in [0.15, 0.2) is 0 Å². The van der Waals surface area contributed by atoms with Crippen molar-refractivity contribution in [1.82, 2.24) is 5.32 Å². The normalized spacial score (nSPS) is 29.4. The van der Waals surface area contributed by atoms with E-state index in [1.165, 1.54) is 32.8 Å². The van der Waals surface area contributed by atoms with Crippen molar-refractivity contribution < 1.29 is 14.3 Å². The molecule has 2 aliphatic rings. The Kier molecular flexibility index (Phi) is 5.08. The fraction of sp³-hybridized carbons (Fsp3) is 0.938. The van der Waals surface area contributed by atoms with E-state index in [0.29, 0.717) is 12.1 Å². The SMILES string of the molecule is CCOC1CC(N[C@H](C(=O)OC)C(C)C)C12CCCC2. The average molecular weight is 283 g/mol. The van der Waals surface area contributed by atoms with Gasteiger partial charge in [0, 0.05) is 18.1 Å². The maximum absolute atomic E-state index is 11.9. The maximum atomic E-state index is 11.9. The second kappa shape index (κ2) is 6.44. The Morgan fingerprint density at radius 2 is 2.00 bits per heavy atom. The molecule has 4 heteroatoms. The van der Waals surface area contributed by atoms with Gasteiger partial charge in [0.25, 0.3) is 0 Å². The molecule has 1 N–H and O–H groups in total. The second-order valence-corrected chi connectivity index (χ2v) is 6.58. The van der Waals surface area contributed by atoms with Crippen LogP contribution in [0, 0.1) is 11.3 Å². The number of rotatable bonds is 6. The first-order chi connectivity index (χ1) is 9.55. The third-order valence-corrected chi connectivity index (χ3v) is 5.19. The largest absolute Gasteiger partial charge is 0.468 e. The van der Waals surface area contributed by atoms with Gasteiger partial charge < -0.3 is 14.8 Å². The molecule has 0 aromatic heterocycles. The summed E-state index contributed by atoms with van der Waals surface area (Å²) < 4.78 is 10.9. The molecule has 3 atom stereocenters. The van der Waals surface area contributed by atoms with Crippen molar-refractivity contribution in [2.45, 2.75) is 71.1 Å². The van der Waals surface area contributed by atoms with Gasteiger partial charge in [0.1, 0.15) is 6.04 Å². The van der Waals surface area contributed by atoms with E-state index in [-0.39, 0.29) is 23.3 Å². The van der Waals surface area contributed by atoms with Crippen molar-refractivity contribution in [3.63, 3.8) is 0 Å². The Balaban J connectivity index is 2.03. The molecule has 0 aromatic carbocycles. The molecule has 1 spiro atoms. The molecule has 2 rings (SSSR count). The van der Waals surface area contributed by atoms with Crippen LogP contribution >= 0.6 is 0 Å². The number of carbonyl (C=O) groups is 1. The molecule has 0 heterocycles. The van der Waals surface area contributed by atoms with Gasteiger partial charge in [-0.05, 0) is 32.1 Å². The predicted molar refractivity (Wildman–Crippen MR) is 78.5 cm³/mol. The van der Waals surface area contributed by atoms with Gasteiger partial charge in [0.05, 0.1) is 13.2 Å². The van der Waals surface area contributed by atoms with E-state index < -0.39 is 0 Å². The van der Waals surface area contributed by atoms with E-state index in [0.717, 1.165) is 13.0 Å². The highest BCUT2D eigenvalue weighted by Crippen LogP contribution is 2.54. The molecule has 2 unspecified atom stereocenters. The van der Waals surface area contributed by atoms with Crippen LogP contribution in [0.3, 0.4) is 0 Å². The van der Waals surface area contributed by atoms with Crippen LogP contribution in [-0.4, -0.2) is 37.9 Å². The highest BCUT2D eigenvalue weighted by molar-refractivity contribution is 5.76. The number of carbonyl (C=O) groups excluding carboxylic acids is 1. The molecule has 0 saturated heterocycles. The Morgan fingerprint density at radius 1 is 1.35 bits per heavy atom. The minimum absolute atomic E-state index is 0.145. The number of hydrogen-bond donors (Lipinski definition) is 1. The smallest absolute Gasteiger partial charge is 0.323 e. The predicted octanol–water partition coefficient (Wildman–Crippen LogP) is 2.51. The summed E-state index contributed by atoms with van der Waals surface area (Å²) in [7, 11) is 1.47. The monoisotopic (exact) mass is 283 g/mol. The number of hydrogen-bond acceptors (Lipinski definition) is 4. The van der Waals surface area contributed by atoms with Crippen LogP contribution in [0.4, 0.5) is 0 Å². The van der Waals surface area contributed by atoms with Gasteiger partial charge in [-0.15, -0.1) is 0 Å². The lowest BCUT2D eigenvalue weighted by Crippen LogP contribution is -2.66. The molecule has 2 fully saturated rings. The van der Waals surface area contributed by atoms with E-state index in [9.17, 15) is 4.79 Å². The summed E-state index contributed by atoms with van der Waals surface area (Å²) in [5, 5.41) is 3.57. The minimum atomic E-state index is -0.204. The third kappa shape index (κ3) is 2.73. The van der Waals surface area contributed by atoms with Crippen LogP contribution in [0.1, 0.15) is 52.9 Å². The molecular weight excluding hydrogens is 254 g/mol. The standard InChI is InChI=1S/C16H29NO3/c1-5-20-13-10-12(16(13)8-6-7-9-16)17-14(11(2)3)15(18)19-4/h11-14,17H,5-10H2,1-4H3/t12?,13?,14-/m0/s1. The van der Waals surface area contributed by atoms with Gasteiger partial charge in [-0.3, -0.25) is 4.79 Å². The van der Waals surface area contributed by atoms with E-state index in [2.05, 4.69) is 26.1 Å². The second-order valence-electron chi connectivity index (χ2n) is 6.58. The number of nitrogens with one attached hydrogen (secondary N) is 1. The fourth-order valence-electron chi connectivity index (χ4n) is 4.00. The Labute approximate surface area is 122 Å². The van der Waals surface area contributed by atoms with Crippen molar-refractivity contribution in [3.8, 4) is 0 Å². The number of ether oxygens (including phenoxy) is 2. The summed E-state index contributed by atoms with van der Waals surface area (Å²) in [5.41, 5.74) is 0.261. The van der Waals surface area contributed by atoms with Gasteiger partial charge in [-0.1, -0.05) is 26.7 Å². The molecular formula is C16H29NO3. The van der Waals surface area contributed by atoms with Crippen LogP contribution < -0.4 is 5.32 Å². The van der Waals surface area contributed by atoms with Crippen molar-refractivity contribution >= 4 is 5.97 Å². The molecule has 2 saturated carbocycles.